The Morgan fingerprint density at radius 1 is 1.06 bits per heavy atom. The van der Waals surface area contributed by atoms with Crippen molar-refractivity contribution in [2.45, 2.75) is 39.5 Å². The van der Waals surface area contributed by atoms with Crippen LogP contribution in [0.15, 0.2) is 12.1 Å². The Balaban J connectivity index is 0.000000411. The molecule has 0 amide bonds. The van der Waals surface area contributed by atoms with E-state index in [-0.39, 0.29) is 0 Å². The van der Waals surface area contributed by atoms with Crippen LogP contribution in [0.25, 0.3) is 0 Å². The number of hydrogen-bond donors (Lipinski definition) is 1. The minimum atomic E-state index is -0.867. The van der Waals surface area contributed by atoms with E-state index in [2.05, 4.69) is 81.6 Å². The Morgan fingerprint density at radius 3 is 1.94 bits per heavy atom. The molecule has 0 spiro atoms. The van der Waals surface area contributed by atoms with E-state index in [1.165, 1.54) is 25.7 Å². The molecule has 0 radical (unpaired) electrons. The summed E-state index contributed by atoms with van der Waals surface area (Å²) in [5.41, 5.74) is 0.375. The molecule has 0 unspecified atom stereocenters. The molecule has 0 heterocycles. The van der Waals surface area contributed by atoms with E-state index in [0.717, 1.165) is 10.7 Å². The van der Waals surface area contributed by atoms with Crippen LogP contribution in [0.2, 0.25) is 0 Å². The van der Waals surface area contributed by atoms with Gasteiger partial charge in [0.2, 0.25) is 0 Å². The van der Waals surface area contributed by atoms with Gasteiger partial charge in [-0.2, -0.15) is 0 Å². The molecule has 0 saturated carbocycles. The van der Waals surface area contributed by atoms with Gasteiger partial charge in [0.05, 0.1) is 5.56 Å². The number of unbranched alkanes of at least 4 members (excludes halogenated alkanes) is 3. The maximum atomic E-state index is 10.7. The Kier molecular flexibility index (Phi) is 11.2. The van der Waals surface area contributed by atoms with Crippen LogP contribution in [0.4, 0.5) is 0 Å². The Bertz CT molecular complexity index is 388. The molecule has 1 aromatic rings. The molecule has 102 valence electrons. The maximum absolute atomic E-state index is 10.7. The fourth-order valence-corrected chi connectivity index (χ4v) is 3.33. The van der Waals surface area contributed by atoms with Crippen LogP contribution >= 0.6 is 67.8 Å². The summed E-state index contributed by atoms with van der Waals surface area (Å²) in [6.07, 6.45) is 5.54. The predicted molar refractivity (Wildman–Crippen MR) is 101 cm³/mol. The van der Waals surface area contributed by atoms with Gasteiger partial charge in [-0.05, 0) is 79.9 Å². The van der Waals surface area contributed by atoms with E-state index < -0.39 is 5.97 Å². The van der Waals surface area contributed by atoms with Gasteiger partial charge < -0.3 is 5.11 Å². The normalized spacial score (nSPS) is 9.61. The van der Waals surface area contributed by atoms with Crippen LogP contribution in [0.3, 0.4) is 0 Å². The number of aromatic carboxylic acids is 1. The molecule has 0 aromatic heterocycles. The van der Waals surface area contributed by atoms with Crippen molar-refractivity contribution in [2.75, 3.05) is 0 Å². The Hall–Kier alpha value is 0.880. The number of carboxylic acid groups (broad SMARTS) is 1. The first kappa shape index (κ1) is 18.9. The first-order chi connectivity index (χ1) is 8.45. The third kappa shape index (κ3) is 6.88. The molecular formula is C13H17I3O2. The molecular weight excluding hydrogens is 569 g/mol. The summed E-state index contributed by atoms with van der Waals surface area (Å²) in [4.78, 5) is 10.7. The van der Waals surface area contributed by atoms with E-state index in [1.807, 2.05) is 6.07 Å². The molecule has 0 fully saturated rings. The van der Waals surface area contributed by atoms with Crippen molar-refractivity contribution in [3.63, 3.8) is 0 Å². The largest absolute Gasteiger partial charge is 0.478 e. The Morgan fingerprint density at radius 2 is 1.56 bits per heavy atom. The second-order valence-corrected chi connectivity index (χ2v) is 7.05. The summed E-state index contributed by atoms with van der Waals surface area (Å²) in [5.74, 6) is -0.867. The van der Waals surface area contributed by atoms with Crippen molar-refractivity contribution >= 4 is 73.7 Å². The van der Waals surface area contributed by atoms with Crippen molar-refractivity contribution in [3.05, 3.63) is 28.4 Å². The van der Waals surface area contributed by atoms with Gasteiger partial charge in [-0.3, -0.25) is 0 Å². The van der Waals surface area contributed by atoms with Crippen molar-refractivity contribution in [1.82, 2.24) is 0 Å². The zero-order chi connectivity index (χ0) is 14.1. The number of hydrogen-bond acceptors (Lipinski definition) is 1. The van der Waals surface area contributed by atoms with Crippen LogP contribution in [-0.2, 0) is 0 Å². The highest BCUT2D eigenvalue weighted by molar-refractivity contribution is 14.1. The van der Waals surface area contributed by atoms with Gasteiger partial charge in [-0.1, -0.05) is 39.5 Å². The standard InChI is InChI=1S/C7H3I3O2.C6H14/c8-4-2-1-3(7(11)12)5(9)6(4)10;1-3-5-6-4-2/h1-2H,(H,11,12);3-6H2,1-2H3. The van der Waals surface area contributed by atoms with Gasteiger partial charge >= 0.3 is 5.97 Å². The molecule has 0 bridgehead atoms. The third-order valence-electron chi connectivity index (χ3n) is 2.22. The van der Waals surface area contributed by atoms with Gasteiger partial charge in [-0.25, -0.2) is 4.79 Å². The lowest BCUT2D eigenvalue weighted by Gasteiger charge is -2.02. The molecule has 5 heteroatoms. The average Bonchev–Trinajstić information content (AvgIpc) is 2.34. The molecule has 2 nitrogen and oxygen atoms in total. The van der Waals surface area contributed by atoms with Gasteiger partial charge in [0.25, 0.3) is 0 Å². The van der Waals surface area contributed by atoms with Crippen molar-refractivity contribution < 1.29 is 9.90 Å². The molecule has 18 heavy (non-hydrogen) atoms. The number of carboxylic acids is 1. The zero-order valence-corrected chi connectivity index (χ0v) is 16.9. The summed E-state index contributed by atoms with van der Waals surface area (Å²) < 4.78 is 2.91. The van der Waals surface area contributed by atoms with Gasteiger partial charge in [0, 0.05) is 10.7 Å². The first-order valence-corrected chi connectivity index (χ1v) is 9.06. The SMILES string of the molecule is CCCCCC.O=C(O)c1ccc(I)c(I)c1I. The highest BCUT2D eigenvalue weighted by atomic mass is 127. The molecule has 0 aliphatic carbocycles. The minimum absolute atomic E-state index is 0.375. The summed E-state index contributed by atoms with van der Waals surface area (Å²) >= 11 is 6.39. The highest BCUT2D eigenvalue weighted by Crippen LogP contribution is 2.24. The summed E-state index contributed by atoms with van der Waals surface area (Å²) in [6, 6.07) is 3.45. The van der Waals surface area contributed by atoms with Crippen molar-refractivity contribution in [1.29, 1.82) is 0 Å². The third-order valence-corrected chi connectivity index (χ3v) is 7.43. The molecule has 0 aliphatic rings. The molecule has 1 aromatic carbocycles. The van der Waals surface area contributed by atoms with Gasteiger partial charge in [-0.15, -0.1) is 0 Å². The van der Waals surface area contributed by atoms with Gasteiger partial charge in [0.1, 0.15) is 0 Å². The molecule has 0 atom stereocenters. The molecule has 1 N–H and O–H groups in total. The molecule has 0 aliphatic heterocycles. The fraction of sp³-hybridized carbons (Fsp3) is 0.462. The van der Waals surface area contributed by atoms with Crippen LogP contribution < -0.4 is 0 Å². The number of benzene rings is 1. The average molecular weight is 586 g/mol. The minimum Gasteiger partial charge on any atom is -0.478 e. The van der Waals surface area contributed by atoms with E-state index in [0.29, 0.717) is 5.56 Å². The van der Waals surface area contributed by atoms with Crippen LogP contribution in [0.5, 0.6) is 0 Å². The van der Waals surface area contributed by atoms with E-state index in [4.69, 9.17) is 5.11 Å². The summed E-state index contributed by atoms with van der Waals surface area (Å²) in [5, 5.41) is 8.77. The monoisotopic (exact) mass is 586 g/mol. The van der Waals surface area contributed by atoms with Gasteiger partial charge in [0.15, 0.2) is 0 Å². The van der Waals surface area contributed by atoms with Crippen molar-refractivity contribution in [3.8, 4) is 0 Å². The van der Waals surface area contributed by atoms with E-state index >= 15 is 0 Å². The lowest BCUT2D eigenvalue weighted by Crippen LogP contribution is -2.02. The maximum Gasteiger partial charge on any atom is 0.336 e. The first-order valence-electron chi connectivity index (χ1n) is 5.82. The smallest absolute Gasteiger partial charge is 0.336 e. The highest BCUT2D eigenvalue weighted by Gasteiger charge is 2.12. The van der Waals surface area contributed by atoms with Crippen LogP contribution in [-0.4, -0.2) is 11.1 Å². The van der Waals surface area contributed by atoms with E-state index in [1.54, 1.807) is 6.07 Å². The van der Waals surface area contributed by atoms with Crippen LogP contribution in [0.1, 0.15) is 49.9 Å². The number of rotatable bonds is 4. The molecule has 0 saturated heterocycles. The summed E-state index contributed by atoms with van der Waals surface area (Å²) in [7, 11) is 0. The quantitative estimate of drug-likeness (QED) is 0.276. The summed E-state index contributed by atoms with van der Waals surface area (Å²) in [6.45, 7) is 4.46. The number of carbonyl (C=O) groups is 1. The Labute approximate surface area is 150 Å². The zero-order valence-electron chi connectivity index (χ0n) is 10.5. The number of halogens is 3. The fourth-order valence-electron chi connectivity index (χ4n) is 1.19. The second-order valence-electron chi connectivity index (χ2n) is 3.74. The topological polar surface area (TPSA) is 37.3 Å². The molecule has 1 rings (SSSR count). The van der Waals surface area contributed by atoms with Crippen LogP contribution in [0, 0.1) is 10.7 Å². The van der Waals surface area contributed by atoms with Crippen molar-refractivity contribution in [2.24, 2.45) is 0 Å². The lowest BCUT2D eigenvalue weighted by molar-refractivity contribution is 0.0695. The lowest BCUT2D eigenvalue weighted by atomic mass is 10.2. The predicted octanol–water partition coefficient (Wildman–Crippen LogP) is 5.79. The second kappa shape index (κ2) is 10.6. The van der Waals surface area contributed by atoms with E-state index in [9.17, 15) is 4.79 Å².